The average molecular weight is 312 g/mol. The Morgan fingerprint density at radius 3 is 2.63 bits per heavy atom. The van der Waals surface area contributed by atoms with Crippen molar-refractivity contribution in [3.63, 3.8) is 0 Å². The van der Waals surface area contributed by atoms with E-state index >= 15 is 0 Å². The molecule has 1 N–H and O–H groups in total. The van der Waals surface area contributed by atoms with Crippen LogP contribution in [0.4, 0.5) is 0 Å². The monoisotopic (exact) mass is 311 g/mol. The normalized spacial score (nSPS) is 11.8. The van der Waals surface area contributed by atoms with Crippen LogP contribution in [-0.4, -0.2) is 5.54 Å². The van der Waals surface area contributed by atoms with Crippen LogP contribution in [0.1, 0.15) is 26.3 Å². The van der Waals surface area contributed by atoms with Gasteiger partial charge in [0, 0.05) is 17.0 Å². The molecule has 0 atom stereocenters. The van der Waals surface area contributed by atoms with Crippen molar-refractivity contribution in [2.45, 2.75) is 42.0 Å². The molecule has 4 heteroatoms. The maximum Gasteiger partial charge on any atom is 0.0646 e. The number of halogens is 1. The molecule has 19 heavy (non-hydrogen) atoms. The quantitative estimate of drug-likeness (QED) is 0.806. The van der Waals surface area contributed by atoms with Crippen molar-refractivity contribution in [2.24, 2.45) is 0 Å². The Kier molecular flexibility index (Phi) is 4.96. The van der Waals surface area contributed by atoms with E-state index in [2.05, 4.69) is 61.8 Å². The van der Waals surface area contributed by atoms with E-state index in [4.69, 9.17) is 11.6 Å². The fraction of sp³-hybridized carbons (Fsp3) is 0.333. The Morgan fingerprint density at radius 1 is 1.26 bits per heavy atom. The van der Waals surface area contributed by atoms with Crippen molar-refractivity contribution < 1.29 is 0 Å². The SMILES string of the molecule is CC(C)(C)NCc1ccc(Sc2cccs2)c(Cl)c1. The van der Waals surface area contributed by atoms with Crippen LogP contribution < -0.4 is 5.32 Å². The van der Waals surface area contributed by atoms with Gasteiger partial charge in [-0.3, -0.25) is 0 Å². The van der Waals surface area contributed by atoms with Crippen LogP contribution in [0.15, 0.2) is 44.8 Å². The van der Waals surface area contributed by atoms with E-state index in [1.165, 1.54) is 9.77 Å². The van der Waals surface area contributed by atoms with Crippen LogP contribution in [0.2, 0.25) is 5.02 Å². The molecule has 0 bridgehead atoms. The zero-order valence-corrected chi connectivity index (χ0v) is 13.8. The molecule has 0 spiro atoms. The summed E-state index contributed by atoms with van der Waals surface area (Å²) in [6, 6.07) is 10.5. The zero-order chi connectivity index (χ0) is 13.9. The van der Waals surface area contributed by atoms with Gasteiger partial charge < -0.3 is 5.32 Å². The van der Waals surface area contributed by atoms with E-state index < -0.39 is 0 Å². The van der Waals surface area contributed by atoms with E-state index in [1.54, 1.807) is 23.1 Å². The maximum absolute atomic E-state index is 6.35. The highest BCUT2D eigenvalue weighted by Gasteiger charge is 2.10. The Balaban J connectivity index is 2.05. The number of rotatable bonds is 4. The van der Waals surface area contributed by atoms with Gasteiger partial charge in [0.05, 0.1) is 9.23 Å². The van der Waals surface area contributed by atoms with Crippen molar-refractivity contribution in [3.8, 4) is 0 Å². The standard InChI is InChI=1S/C15H18ClNS2/c1-15(2,3)17-10-11-6-7-13(12(16)9-11)19-14-5-4-8-18-14/h4-9,17H,10H2,1-3H3. The van der Waals surface area contributed by atoms with Gasteiger partial charge >= 0.3 is 0 Å². The molecule has 0 amide bonds. The van der Waals surface area contributed by atoms with E-state index in [1.807, 2.05) is 0 Å². The maximum atomic E-state index is 6.35. The van der Waals surface area contributed by atoms with E-state index in [9.17, 15) is 0 Å². The first-order valence-electron chi connectivity index (χ1n) is 6.19. The first kappa shape index (κ1) is 14.9. The second kappa shape index (κ2) is 6.31. The number of nitrogens with one attached hydrogen (secondary N) is 1. The molecule has 0 saturated carbocycles. The molecule has 1 heterocycles. The zero-order valence-electron chi connectivity index (χ0n) is 11.4. The lowest BCUT2D eigenvalue weighted by Gasteiger charge is -2.20. The molecule has 0 fully saturated rings. The molecule has 0 aliphatic heterocycles. The fourth-order valence-electron chi connectivity index (χ4n) is 1.53. The Labute approximate surface area is 128 Å². The molecular weight excluding hydrogens is 294 g/mol. The molecule has 0 radical (unpaired) electrons. The highest BCUT2D eigenvalue weighted by molar-refractivity contribution is 8.01. The highest BCUT2D eigenvalue weighted by Crippen LogP contribution is 2.36. The topological polar surface area (TPSA) is 12.0 Å². The predicted octanol–water partition coefficient (Wildman–Crippen LogP) is 5.44. The minimum absolute atomic E-state index is 0.122. The van der Waals surface area contributed by atoms with Gasteiger partial charge in [-0.25, -0.2) is 0 Å². The average Bonchev–Trinajstić information content (AvgIpc) is 2.81. The summed E-state index contributed by atoms with van der Waals surface area (Å²) in [5.74, 6) is 0. The molecule has 102 valence electrons. The molecule has 0 aliphatic rings. The van der Waals surface area contributed by atoms with Crippen LogP contribution in [0, 0.1) is 0 Å². The third-order valence-corrected chi connectivity index (χ3v) is 5.06. The summed E-state index contributed by atoms with van der Waals surface area (Å²) in [5.41, 5.74) is 1.34. The number of hydrogen-bond acceptors (Lipinski definition) is 3. The number of hydrogen-bond donors (Lipinski definition) is 1. The van der Waals surface area contributed by atoms with Gasteiger partial charge in [-0.15, -0.1) is 11.3 Å². The summed E-state index contributed by atoms with van der Waals surface area (Å²) in [7, 11) is 0. The predicted molar refractivity (Wildman–Crippen MR) is 86.5 cm³/mol. The Hall–Kier alpha value is -0.480. The molecular formula is C15H18ClNS2. The van der Waals surface area contributed by atoms with Gasteiger partial charge in [0.15, 0.2) is 0 Å². The number of benzene rings is 1. The van der Waals surface area contributed by atoms with Crippen LogP contribution in [0.3, 0.4) is 0 Å². The Morgan fingerprint density at radius 2 is 2.05 bits per heavy atom. The van der Waals surface area contributed by atoms with E-state index in [0.717, 1.165) is 16.5 Å². The van der Waals surface area contributed by atoms with Gasteiger partial charge in [0.1, 0.15) is 0 Å². The van der Waals surface area contributed by atoms with E-state index in [0.29, 0.717) is 0 Å². The molecule has 2 aromatic rings. The Bertz CT molecular complexity index is 530. The third kappa shape index (κ3) is 4.84. The summed E-state index contributed by atoms with van der Waals surface area (Å²) < 4.78 is 1.27. The van der Waals surface area contributed by atoms with Crippen LogP contribution >= 0.6 is 34.7 Å². The summed E-state index contributed by atoms with van der Waals surface area (Å²) in [5, 5.41) is 6.37. The molecule has 0 aliphatic carbocycles. The van der Waals surface area contributed by atoms with Crippen molar-refractivity contribution in [2.75, 3.05) is 0 Å². The van der Waals surface area contributed by atoms with Crippen molar-refractivity contribution >= 4 is 34.7 Å². The summed E-state index contributed by atoms with van der Waals surface area (Å²) in [6.07, 6.45) is 0. The second-order valence-corrected chi connectivity index (χ2v) is 8.10. The van der Waals surface area contributed by atoms with Crippen molar-refractivity contribution in [1.82, 2.24) is 5.32 Å². The molecule has 1 aromatic carbocycles. The first-order valence-corrected chi connectivity index (χ1v) is 8.26. The lowest BCUT2D eigenvalue weighted by atomic mass is 10.1. The van der Waals surface area contributed by atoms with Crippen LogP contribution in [0.5, 0.6) is 0 Å². The van der Waals surface area contributed by atoms with Crippen molar-refractivity contribution in [1.29, 1.82) is 0 Å². The first-order chi connectivity index (χ1) is 8.94. The molecule has 0 saturated heterocycles. The highest BCUT2D eigenvalue weighted by atomic mass is 35.5. The van der Waals surface area contributed by atoms with E-state index in [-0.39, 0.29) is 5.54 Å². The minimum atomic E-state index is 0.122. The molecule has 1 aromatic heterocycles. The lowest BCUT2D eigenvalue weighted by Crippen LogP contribution is -2.35. The van der Waals surface area contributed by atoms with Gasteiger partial charge in [-0.05, 0) is 49.9 Å². The minimum Gasteiger partial charge on any atom is -0.308 e. The van der Waals surface area contributed by atoms with Gasteiger partial charge in [0.2, 0.25) is 0 Å². The second-order valence-electron chi connectivity index (χ2n) is 5.40. The van der Waals surface area contributed by atoms with Crippen molar-refractivity contribution in [3.05, 3.63) is 46.3 Å². The summed E-state index contributed by atoms with van der Waals surface area (Å²) in [4.78, 5) is 1.11. The fourth-order valence-corrected chi connectivity index (χ4v) is 3.59. The van der Waals surface area contributed by atoms with Crippen LogP contribution in [0.25, 0.3) is 0 Å². The van der Waals surface area contributed by atoms with Gasteiger partial charge in [-0.1, -0.05) is 35.5 Å². The molecule has 0 unspecified atom stereocenters. The van der Waals surface area contributed by atoms with Crippen LogP contribution in [-0.2, 0) is 6.54 Å². The lowest BCUT2D eigenvalue weighted by molar-refractivity contribution is 0.424. The van der Waals surface area contributed by atoms with Gasteiger partial charge in [-0.2, -0.15) is 0 Å². The molecule has 1 nitrogen and oxygen atoms in total. The van der Waals surface area contributed by atoms with Gasteiger partial charge in [0.25, 0.3) is 0 Å². The summed E-state index contributed by atoms with van der Waals surface area (Å²) >= 11 is 9.81. The third-order valence-electron chi connectivity index (χ3n) is 2.52. The largest absolute Gasteiger partial charge is 0.308 e. The summed E-state index contributed by atoms with van der Waals surface area (Å²) in [6.45, 7) is 7.33. The number of thiophene rings is 1. The smallest absolute Gasteiger partial charge is 0.0646 e. The molecule has 2 rings (SSSR count).